The van der Waals surface area contributed by atoms with Gasteiger partial charge in [0.25, 0.3) is 0 Å². The minimum absolute atomic E-state index is 0.294. The molecule has 1 fully saturated rings. The highest BCUT2D eigenvalue weighted by atomic mass is 16.5. The Hall–Kier alpha value is -3.00. The van der Waals surface area contributed by atoms with Crippen LogP contribution in [0.5, 0.6) is 11.5 Å². The summed E-state index contributed by atoms with van der Waals surface area (Å²) < 4.78 is 5.88. The molecule has 0 saturated heterocycles. The number of benzene rings is 3. The van der Waals surface area contributed by atoms with E-state index < -0.39 is 0 Å². The summed E-state index contributed by atoms with van der Waals surface area (Å²) in [5.74, 6) is 1.78. The molecule has 0 bridgehead atoms. The summed E-state index contributed by atoms with van der Waals surface area (Å²) in [7, 11) is 0. The lowest BCUT2D eigenvalue weighted by molar-refractivity contribution is 0.309. The molecule has 1 saturated carbocycles. The molecular weight excluding hydrogens is 368 g/mol. The van der Waals surface area contributed by atoms with Crippen molar-refractivity contribution < 1.29 is 9.84 Å². The van der Waals surface area contributed by atoms with Gasteiger partial charge in [0, 0.05) is 0 Å². The van der Waals surface area contributed by atoms with Crippen molar-refractivity contribution in [3.63, 3.8) is 0 Å². The Morgan fingerprint density at radius 1 is 0.833 bits per heavy atom. The molecule has 0 atom stereocenters. The van der Waals surface area contributed by atoms with Crippen molar-refractivity contribution in [2.75, 3.05) is 6.61 Å². The van der Waals surface area contributed by atoms with Gasteiger partial charge in [-0.05, 0) is 77.3 Å². The monoisotopic (exact) mass is 398 g/mol. The molecule has 3 aromatic rings. The van der Waals surface area contributed by atoms with Crippen LogP contribution in [0.4, 0.5) is 0 Å². The summed E-state index contributed by atoms with van der Waals surface area (Å²) in [5.41, 5.74) is 6.28. The Morgan fingerprint density at radius 2 is 1.47 bits per heavy atom. The molecule has 4 rings (SSSR count). The molecule has 154 valence electrons. The fourth-order valence-corrected chi connectivity index (χ4v) is 4.06. The van der Waals surface area contributed by atoms with Gasteiger partial charge in [0.2, 0.25) is 0 Å². The Kier molecular flexibility index (Phi) is 6.53. The second-order valence-electron chi connectivity index (χ2n) is 8.06. The summed E-state index contributed by atoms with van der Waals surface area (Å²) in [6.45, 7) is 2.93. The summed E-state index contributed by atoms with van der Waals surface area (Å²) >= 11 is 0. The largest absolute Gasteiger partial charge is 0.508 e. The number of rotatable bonds is 8. The predicted molar refractivity (Wildman–Crippen MR) is 125 cm³/mol. The Balaban J connectivity index is 1.81. The van der Waals surface area contributed by atoms with E-state index in [9.17, 15) is 5.11 Å². The zero-order valence-corrected chi connectivity index (χ0v) is 17.7. The van der Waals surface area contributed by atoms with Gasteiger partial charge in [-0.25, -0.2) is 0 Å². The summed E-state index contributed by atoms with van der Waals surface area (Å²) in [4.78, 5) is 0. The summed E-state index contributed by atoms with van der Waals surface area (Å²) in [5, 5.41) is 9.84. The fourth-order valence-electron chi connectivity index (χ4n) is 4.06. The number of hydrogen-bond donors (Lipinski definition) is 1. The molecule has 2 nitrogen and oxygen atoms in total. The summed E-state index contributed by atoms with van der Waals surface area (Å²) in [6, 6.07) is 26.9. The van der Waals surface area contributed by atoms with E-state index in [0.717, 1.165) is 30.8 Å². The molecule has 1 aliphatic carbocycles. The van der Waals surface area contributed by atoms with Crippen molar-refractivity contribution in [2.45, 2.75) is 39.0 Å². The Bertz CT molecular complexity index is 965. The third-order valence-corrected chi connectivity index (χ3v) is 5.93. The maximum atomic E-state index is 9.84. The van der Waals surface area contributed by atoms with E-state index in [1.165, 1.54) is 41.5 Å². The van der Waals surface area contributed by atoms with E-state index in [1.807, 2.05) is 12.1 Å². The zero-order chi connectivity index (χ0) is 20.8. The van der Waals surface area contributed by atoms with Crippen molar-refractivity contribution in [3.8, 4) is 11.5 Å². The van der Waals surface area contributed by atoms with Crippen LogP contribution in [0.1, 0.15) is 55.7 Å². The first-order valence-corrected chi connectivity index (χ1v) is 11.1. The number of allylic oxidation sites excluding steroid dienone is 1. The highest BCUT2D eigenvalue weighted by Crippen LogP contribution is 2.45. The third kappa shape index (κ3) is 4.59. The molecular formula is C28H30O2. The van der Waals surface area contributed by atoms with Crippen molar-refractivity contribution in [1.29, 1.82) is 0 Å². The van der Waals surface area contributed by atoms with Gasteiger partial charge in [-0.1, -0.05) is 74.4 Å². The lowest BCUT2D eigenvalue weighted by Gasteiger charge is -2.31. The highest BCUT2D eigenvalue weighted by molar-refractivity contribution is 5.99. The molecule has 1 aliphatic rings. The van der Waals surface area contributed by atoms with Crippen LogP contribution >= 0.6 is 0 Å². The molecule has 2 heteroatoms. The standard InChI is InChI=1S/C28H30O2/c1-2-3-20-30-26-18-14-24(15-19-26)28(23-12-16-25(29)17-13-23)27(22-10-7-11-22)21-8-5-4-6-9-21/h4-6,8-9,12-19,22,29H,2-3,7,10-11,20H2,1H3/b28-27-. The van der Waals surface area contributed by atoms with E-state index in [4.69, 9.17) is 4.74 Å². The van der Waals surface area contributed by atoms with Gasteiger partial charge < -0.3 is 9.84 Å². The van der Waals surface area contributed by atoms with Crippen LogP contribution in [0.2, 0.25) is 0 Å². The van der Waals surface area contributed by atoms with Crippen molar-refractivity contribution >= 4 is 11.1 Å². The van der Waals surface area contributed by atoms with Crippen molar-refractivity contribution in [2.24, 2.45) is 5.92 Å². The number of phenols is 1. The van der Waals surface area contributed by atoms with Crippen LogP contribution in [-0.4, -0.2) is 11.7 Å². The fraction of sp³-hybridized carbons (Fsp3) is 0.286. The first kappa shape index (κ1) is 20.3. The number of phenolic OH excluding ortho intramolecular Hbond substituents is 1. The smallest absolute Gasteiger partial charge is 0.119 e. The van der Waals surface area contributed by atoms with Gasteiger partial charge >= 0.3 is 0 Å². The zero-order valence-electron chi connectivity index (χ0n) is 17.7. The summed E-state index contributed by atoms with van der Waals surface area (Å²) in [6.07, 6.45) is 5.94. The number of aromatic hydroxyl groups is 1. The highest BCUT2D eigenvalue weighted by Gasteiger charge is 2.27. The minimum atomic E-state index is 0.294. The minimum Gasteiger partial charge on any atom is -0.508 e. The second-order valence-corrected chi connectivity index (χ2v) is 8.06. The van der Waals surface area contributed by atoms with Gasteiger partial charge in [-0.2, -0.15) is 0 Å². The molecule has 0 spiro atoms. The number of ether oxygens (including phenoxy) is 1. The topological polar surface area (TPSA) is 29.5 Å². The lowest BCUT2D eigenvalue weighted by Crippen LogP contribution is -2.15. The predicted octanol–water partition coefficient (Wildman–Crippen LogP) is 7.33. The SMILES string of the molecule is CCCCOc1ccc(/C(=C(/c2ccccc2)C2CCC2)c2ccc(O)cc2)cc1. The molecule has 0 aromatic heterocycles. The van der Waals surface area contributed by atoms with E-state index in [-0.39, 0.29) is 0 Å². The molecule has 3 aromatic carbocycles. The van der Waals surface area contributed by atoms with Crippen LogP contribution in [0, 0.1) is 5.92 Å². The number of hydrogen-bond acceptors (Lipinski definition) is 2. The Labute approximate surface area is 179 Å². The quantitative estimate of drug-likeness (QED) is 0.318. The molecule has 0 aliphatic heterocycles. The molecule has 0 unspecified atom stereocenters. The maximum absolute atomic E-state index is 9.84. The average molecular weight is 399 g/mol. The van der Waals surface area contributed by atoms with Gasteiger partial charge in [0.15, 0.2) is 0 Å². The average Bonchev–Trinajstić information content (AvgIpc) is 2.75. The van der Waals surface area contributed by atoms with E-state index in [2.05, 4.69) is 61.5 Å². The van der Waals surface area contributed by atoms with Crippen LogP contribution in [-0.2, 0) is 0 Å². The maximum Gasteiger partial charge on any atom is 0.119 e. The van der Waals surface area contributed by atoms with Crippen LogP contribution in [0.3, 0.4) is 0 Å². The lowest BCUT2D eigenvalue weighted by atomic mass is 9.73. The molecule has 1 N–H and O–H groups in total. The van der Waals surface area contributed by atoms with Gasteiger partial charge in [-0.3, -0.25) is 0 Å². The van der Waals surface area contributed by atoms with E-state index in [0.29, 0.717) is 11.7 Å². The first-order valence-electron chi connectivity index (χ1n) is 11.1. The van der Waals surface area contributed by atoms with Gasteiger partial charge in [0.05, 0.1) is 6.61 Å². The van der Waals surface area contributed by atoms with Crippen LogP contribution in [0.25, 0.3) is 11.1 Å². The Morgan fingerprint density at radius 3 is 2.03 bits per heavy atom. The van der Waals surface area contributed by atoms with Crippen LogP contribution in [0.15, 0.2) is 78.9 Å². The third-order valence-electron chi connectivity index (χ3n) is 5.93. The second kappa shape index (κ2) is 9.67. The number of unbranched alkanes of at least 4 members (excludes halogenated alkanes) is 1. The van der Waals surface area contributed by atoms with Crippen LogP contribution < -0.4 is 4.74 Å². The van der Waals surface area contributed by atoms with Gasteiger partial charge in [0.1, 0.15) is 11.5 Å². The molecule has 30 heavy (non-hydrogen) atoms. The van der Waals surface area contributed by atoms with E-state index in [1.54, 1.807) is 12.1 Å². The first-order chi connectivity index (χ1) is 14.8. The molecule has 0 amide bonds. The van der Waals surface area contributed by atoms with Crippen molar-refractivity contribution in [3.05, 3.63) is 95.6 Å². The molecule has 0 radical (unpaired) electrons. The van der Waals surface area contributed by atoms with Crippen molar-refractivity contribution in [1.82, 2.24) is 0 Å². The van der Waals surface area contributed by atoms with E-state index >= 15 is 0 Å². The van der Waals surface area contributed by atoms with Gasteiger partial charge in [-0.15, -0.1) is 0 Å². The molecule has 0 heterocycles. The normalized spacial score (nSPS) is 14.7.